The fourth-order valence-electron chi connectivity index (χ4n) is 1.37. The second kappa shape index (κ2) is 6.29. The molecule has 0 fully saturated rings. The highest BCUT2D eigenvalue weighted by atomic mass is 32.2. The second-order valence-corrected chi connectivity index (χ2v) is 4.83. The van der Waals surface area contributed by atoms with E-state index in [1.54, 1.807) is 19.1 Å². The Labute approximate surface area is 113 Å². The molecule has 2 N–H and O–H groups in total. The molecule has 1 aromatic carbocycles. The molecular weight excluding hydrogens is 279 g/mol. The number of aliphatic hydroxyl groups excluding tert-OH is 1. The molecule has 0 aliphatic heterocycles. The van der Waals surface area contributed by atoms with Gasteiger partial charge >= 0.3 is 6.18 Å². The summed E-state index contributed by atoms with van der Waals surface area (Å²) in [6.07, 6.45) is -5.45. The van der Waals surface area contributed by atoms with E-state index < -0.39 is 24.7 Å². The van der Waals surface area contributed by atoms with Crippen molar-refractivity contribution >= 4 is 17.7 Å². The number of hydrogen-bond donors (Lipinski definition) is 2. The van der Waals surface area contributed by atoms with Crippen LogP contribution in [0.25, 0.3) is 0 Å². The summed E-state index contributed by atoms with van der Waals surface area (Å²) in [5, 5.41) is 10.9. The van der Waals surface area contributed by atoms with Gasteiger partial charge in [-0.25, -0.2) is 0 Å². The van der Waals surface area contributed by atoms with Crippen LogP contribution in [0, 0.1) is 6.92 Å². The second-order valence-electron chi connectivity index (χ2n) is 3.95. The van der Waals surface area contributed by atoms with Crippen LogP contribution < -0.4 is 5.32 Å². The summed E-state index contributed by atoms with van der Waals surface area (Å²) < 4.78 is 36.3. The monoisotopic (exact) mass is 293 g/mol. The Balaban J connectivity index is 2.74. The van der Waals surface area contributed by atoms with E-state index in [1.807, 2.05) is 12.3 Å². The maximum atomic E-state index is 12.1. The Bertz CT molecular complexity index is 463. The molecule has 7 heteroatoms. The Kier molecular flexibility index (Phi) is 5.25. The topological polar surface area (TPSA) is 49.3 Å². The van der Waals surface area contributed by atoms with E-state index in [1.165, 1.54) is 11.8 Å². The number of hydrogen-bond acceptors (Lipinski definition) is 3. The molecule has 0 spiro atoms. The van der Waals surface area contributed by atoms with Gasteiger partial charge in [-0.2, -0.15) is 13.2 Å². The van der Waals surface area contributed by atoms with Crippen LogP contribution in [0.15, 0.2) is 23.1 Å². The lowest BCUT2D eigenvalue weighted by atomic mass is 10.1. The lowest BCUT2D eigenvalue weighted by molar-refractivity contribution is -0.201. The van der Waals surface area contributed by atoms with Gasteiger partial charge in [0, 0.05) is 10.5 Å². The first-order valence-electron chi connectivity index (χ1n) is 5.43. The Hall–Kier alpha value is -1.21. The highest BCUT2D eigenvalue weighted by Gasteiger charge is 2.38. The Morgan fingerprint density at radius 3 is 2.63 bits per heavy atom. The first-order chi connectivity index (χ1) is 8.75. The first kappa shape index (κ1) is 15.8. The van der Waals surface area contributed by atoms with Crippen molar-refractivity contribution in [2.75, 3.05) is 12.8 Å². The molecule has 1 aromatic rings. The largest absolute Gasteiger partial charge is 0.416 e. The molecule has 1 rings (SSSR count). The molecule has 3 nitrogen and oxygen atoms in total. The lowest BCUT2D eigenvalue weighted by Crippen LogP contribution is -2.40. The maximum Gasteiger partial charge on any atom is 0.416 e. The van der Waals surface area contributed by atoms with Gasteiger partial charge < -0.3 is 10.4 Å². The van der Waals surface area contributed by atoms with E-state index in [0.717, 1.165) is 4.90 Å². The summed E-state index contributed by atoms with van der Waals surface area (Å²) in [5.41, 5.74) is 0.970. The minimum atomic E-state index is -4.73. The van der Waals surface area contributed by atoms with Gasteiger partial charge in [0.25, 0.3) is 5.91 Å². The summed E-state index contributed by atoms with van der Waals surface area (Å²) in [6.45, 7) is 0.838. The van der Waals surface area contributed by atoms with Crippen molar-refractivity contribution < 1.29 is 23.1 Å². The van der Waals surface area contributed by atoms with Crippen LogP contribution in [-0.4, -0.2) is 36.1 Å². The van der Waals surface area contributed by atoms with Gasteiger partial charge in [0.2, 0.25) is 0 Å². The van der Waals surface area contributed by atoms with Crippen LogP contribution in [-0.2, 0) is 0 Å². The van der Waals surface area contributed by atoms with Crippen LogP contribution in [0.2, 0.25) is 0 Å². The summed E-state index contributed by atoms with van der Waals surface area (Å²) in [6, 6.07) is 5.15. The zero-order chi connectivity index (χ0) is 14.6. The molecule has 1 atom stereocenters. The summed E-state index contributed by atoms with van der Waals surface area (Å²) in [5.74, 6) is -0.628. The molecule has 1 unspecified atom stereocenters. The highest BCUT2D eigenvalue weighted by Crippen LogP contribution is 2.21. The average molecular weight is 293 g/mol. The Morgan fingerprint density at radius 2 is 2.11 bits per heavy atom. The van der Waals surface area contributed by atoms with E-state index in [4.69, 9.17) is 5.11 Å². The van der Waals surface area contributed by atoms with Crippen LogP contribution in [0.5, 0.6) is 0 Å². The van der Waals surface area contributed by atoms with Gasteiger partial charge in [-0.05, 0) is 30.9 Å². The molecule has 106 valence electrons. The minimum Gasteiger partial charge on any atom is -0.382 e. The van der Waals surface area contributed by atoms with Gasteiger partial charge in [0.05, 0.1) is 6.54 Å². The Morgan fingerprint density at radius 1 is 1.47 bits per heavy atom. The number of aryl methyl sites for hydroxylation is 1. The highest BCUT2D eigenvalue weighted by molar-refractivity contribution is 7.98. The number of aliphatic hydroxyl groups is 1. The number of benzene rings is 1. The third-order valence-electron chi connectivity index (χ3n) is 2.52. The van der Waals surface area contributed by atoms with Crippen LogP contribution in [0.1, 0.15) is 15.9 Å². The minimum absolute atomic E-state index is 0.307. The van der Waals surface area contributed by atoms with E-state index in [9.17, 15) is 18.0 Å². The number of rotatable bonds is 4. The van der Waals surface area contributed by atoms with Crippen LogP contribution in [0.3, 0.4) is 0 Å². The van der Waals surface area contributed by atoms with Crippen molar-refractivity contribution in [3.8, 4) is 0 Å². The van der Waals surface area contributed by atoms with Crippen LogP contribution in [0.4, 0.5) is 13.2 Å². The number of amides is 1. The fourth-order valence-corrected chi connectivity index (χ4v) is 1.81. The van der Waals surface area contributed by atoms with E-state index in [0.29, 0.717) is 11.1 Å². The fraction of sp³-hybridized carbons (Fsp3) is 0.417. The number of carbonyl (C=O) groups is 1. The van der Waals surface area contributed by atoms with Crippen molar-refractivity contribution in [3.63, 3.8) is 0 Å². The smallest absolute Gasteiger partial charge is 0.382 e. The molecule has 0 radical (unpaired) electrons. The number of alkyl halides is 3. The number of thioether (sulfide) groups is 1. The third kappa shape index (κ3) is 4.43. The van der Waals surface area contributed by atoms with E-state index in [2.05, 4.69) is 5.32 Å². The SMILES string of the molecule is CSc1ccc(C)c(C(=O)NCC(O)C(F)(F)F)c1. The molecule has 0 bridgehead atoms. The van der Waals surface area contributed by atoms with Gasteiger partial charge in [-0.15, -0.1) is 11.8 Å². The summed E-state index contributed by atoms with van der Waals surface area (Å²) in [7, 11) is 0. The van der Waals surface area contributed by atoms with Crippen molar-refractivity contribution in [3.05, 3.63) is 29.3 Å². The zero-order valence-corrected chi connectivity index (χ0v) is 11.2. The van der Waals surface area contributed by atoms with Gasteiger partial charge in [0.1, 0.15) is 0 Å². The number of carbonyl (C=O) groups excluding carboxylic acids is 1. The lowest BCUT2D eigenvalue weighted by Gasteiger charge is -2.15. The quantitative estimate of drug-likeness (QED) is 0.838. The standard InChI is InChI=1S/C12H14F3NO2S/c1-7-3-4-8(19-2)5-9(7)11(18)16-6-10(17)12(13,14)15/h3-5,10,17H,6H2,1-2H3,(H,16,18). The third-order valence-corrected chi connectivity index (χ3v) is 3.25. The average Bonchev–Trinajstić information content (AvgIpc) is 2.34. The predicted octanol–water partition coefficient (Wildman–Crippen LogP) is 2.37. The van der Waals surface area contributed by atoms with E-state index in [-0.39, 0.29) is 0 Å². The van der Waals surface area contributed by atoms with E-state index >= 15 is 0 Å². The number of halogens is 3. The normalized spacial score (nSPS) is 13.2. The molecule has 19 heavy (non-hydrogen) atoms. The van der Waals surface area contributed by atoms with Crippen molar-refractivity contribution in [1.29, 1.82) is 0 Å². The summed E-state index contributed by atoms with van der Waals surface area (Å²) >= 11 is 1.43. The molecular formula is C12H14F3NO2S. The van der Waals surface area contributed by atoms with Gasteiger partial charge in [0.15, 0.2) is 6.10 Å². The van der Waals surface area contributed by atoms with Crippen LogP contribution >= 0.6 is 11.8 Å². The molecule has 0 aliphatic rings. The summed E-state index contributed by atoms with van der Waals surface area (Å²) in [4.78, 5) is 12.6. The molecule has 1 amide bonds. The van der Waals surface area contributed by atoms with Crippen molar-refractivity contribution in [1.82, 2.24) is 5.32 Å². The first-order valence-corrected chi connectivity index (χ1v) is 6.65. The maximum absolute atomic E-state index is 12.1. The molecule has 0 saturated heterocycles. The number of nitrogens with one attached hydrogen (secondary N) is 1. The van der Waals surface area contributed by atoms with Gasteiger partial charge in [-0.3, -0.25) is 4.79 Å². The molecule has 0 heterocycles. The molecule has 0 aromatic heterocycles. The van der Waals surface area contributed by atoms with Crippen molar-refractivity contribution in [2.45, 2.75) is 24.1 Å². The molecule has 0 saturated carbocycles. The molecule has 0 aliphatic carbocycles. The zero-order valence-electron chi connectivity index (χ0n) is 10.4. The van der Waals surface area contributed by atoms with Gasteiger partial charge in [-0.1, -0.05) is 6.07 Å². The predicted molar refractivity (Wildman–Crippen MR) is 67.4 cm³/mol. The van der Waals surface area contributed by atoms with Crippen molar-refractivity contribution in [2.24, 2.45) is 0 Å².